The second-order valence-electron chi connectivity index (χ2n) is 3.28. The maximum absolute atomic E-state index is 8.71. The normalized spacial score (nSPS) is 15.2. The van der Waals surface area contributed by atoms with E-state index in [2.05, 4.69) is 0 Å². The second-order valence-corrected chi connectivity index (χ2v) is 3.28. The zero-order valence-electron chi connectivity index (χ0n) is 9.52. The molecule has 2 atom stereocenters. The Morgan fingerprint density at radius 3 is 1.53 bits per heavy atom. The molecule has 2 unspecified atom stereocenters. The summed E-state index contributed by atoms with van der Waals surface area (Å²) in [6.45, 7) is 1.04. The molecule has 0 amide bonds. The van der Waals surface area contributed by atoms with Crippen molar-refractivity contribution in [2.75, 3.05) is 40.6 Å². The van der Waals surface area contributed by atoms with Crippen LogP contribution in [-0.4, -0.2) is 63.1 Å². The van der Waals surface area contributed by atoms with Gasteiger partial charge in [0.2, 0.25) is 0 Å². The van der Waals surface area contributed by atoms with Crippen LogP contribution in [0.25, 0.3) is 0 Å². The Morgan fingerprint density at radius 1 is 0.867 bits per heavy atom. The molecule has 92 valence electrons. The van der Waals surface area contributed by atoms with Gasteiger partial charge in [0.15, 0.2) is 0 Å². The standard InChI is InChI=1S/C10H22O5/c1-13-9(3-5-11)7-15-8-10(14-2)4-6-12/h9-12H,3-8H2,1-2H3. The van der Waals surface area contributed by atoms with Crippen LogP contribution in [0, 0.1) is 0 Å². The largest absolute Gasteiger partial charge is 0.396 e. The smallest absolute Gasteiger partial charge is 0.0826 e. The molecule has 0 saturated heterocycles. The molecule has 0 aromatic rings. The summed E-state index contributed by atoms with van der Waals surface area (Å²) in [4.78, 5) is 0. The molecule has 0 aliphatic carbocycles. The van der Waals surface area contributed by atoms with Crippen molar-refractivity contribution in [3.8, 4) is 0 Å². The molecule has 0 aromatic heterocycles. The molecule has 0 rings (SSSR count). The fraction of sp³-hybridized carbons (Fsp3) is 1.00. The van der Waals surface area contributed by atoms with Gasteiger partial charge in [-0.1, -0.05) is 0 Å². The van der Waals surface area contributed by atoms with E-state index in [1.54, 1.807) is 14.2 Å². The summed E-state index contributed by atoms with van der Waals surface area (Å²) in [5.74, 6) is 0. The summed E-state index contributed by atoms with van der Waals surface area (Å²) in [7, 11) is 3.18. The molecular formula is C10H22O5. The van der Waals surface area contributed by atoms with E-state index in [0.29, 0.717) is 26.1 Å². The van der Waals surface area contributed by atoms with Crippen molar-refractivity contribution in [1.29, 1.82) is 0 Å². The van der Waals surface area contributed by atoms with Crippen molar-refractivity contribution >= 4 is 0 Å². The van der Waals surface area contributed by atoms with Crippen LogP contribution in [0.2, 0.25) is 0 Å². The van der Waals surface area contributed by atoms with Gasteiger partial charge in [0.05, 0.1) is 25.4 Å². The van der Waals surface area contributed by atoms with Gasteiger partial charge in [-0.3, -0.25) is 0 Å². The number of aliphatic hydroxyl groups is 2. The lowest BCUT2D eigenvalue weighted by molar-refractivity contribution is -0.0452. The van der Waals surface area contributed by atoms with Gasteiger partial charge in [0.25, 0.3) is 0 Å². The first-order chi connectivity index (χ1) is 7.28. The first-order valence-electron chi connectivity index (χ1n) is 5.13. The van der Waals surface area contributed by atoms with Crippen LogP contribution in [0.3, 0.4) is 0 Å². The van der Waals surface area contributed by atoms with E-state index >= 15 is 0 Å². The van der Waals surface area contributed by atoms with E-state index in [9.17, 15) is 0 Å². The first kappa shape index (κ1) is 14.8. The van der Waals surface area contributed by atoms with Crippen LogP contribution in [0.5, 0.6) is 0 Å². The molecule has 15 heavy (non-hydrogen) atoms. The molecule has 0 spiro atoms. The molecule has 5 heteroatoms. The molecule has 0 aliphatic heterocycles. The highest BCUT2D eigenvalue weighted by atomic mass is 16.5. The number of aliphatic hydroxyl groups excluding tert-OH is 2. The maximum atomic E-state index is 8.71. The number of hydrogen-bond acceptors (Lipinski definition) is 5. The molecule has 0 aliphatic rings. The number of ether oxygens (including phenoxy) is 3. The lowest BCUT2D eigenvalue weighted by Gasteiger charge is -2.17. The van der Waals surface area contributed by atoms with E-state index in [-0.39, 0.29) is 25.4 Å². The molecule has 5 nitrogen and oxygen atoms in total. The van der Waals surface area contributed by atoms with Crippen molar-refractivity contribution in [3.63, 3.8) is 0 Å². The Balaban J connectivity index is 3.55. The Labute approximate surface area is 91.0 Å². The van der Waals surface area contributed by atoms with Crippen molar-refractivity contribution < 1.29 is 24.4 Å². The van der Waals surface area contributed by atoms with Crippen LogP contribution in [-0.2, 0) is 14.2 Å². The summed E-state index contributed by atoms with van der Waals surface area (Å²) in [5, 5.41) is 17.4. The molecular weight excluding hydrogens is 200 g/mol. The summed E-state index contributed by atoms with van der Waals surface area (Å²) < 4.78 is 15.6. The fourth-order valence-corrected chi connectivity index (χ4v) is 1.16. The predicted molar refractivity (Wildman–Crippen MR) is 55.8 cm³/mol. The predicted octanol–water partition coefficient (Wildman–Crippen LogP) is -0.202. The second kappa shape index (κ2) is 10.3. The quantitative estimate of drug-likeness (QED) is 0.535. The number of rotatable bonds is 10. The topological polar surface area (TPSA) is 68.2 Å². The highest BCUT2D eigenvalue weighted by Gasteiger charge is 2.10. The Bertz CT molecular complexity index is 117. The third-order valence-corrected chi connectivity index (χ3v) is 2.18. The van der Waals surface area contributed by atoms with E-state index < -0.39 is 0 Å². The van der Waals surface area contributed by atoms with Crippen LogP contribution in [0.4, 0.5) is 0 Å². The summed E-state index contributed by atoms with van der Waals surface area (Å²) in [6.07, 6.45) is 0.964. The van der Waals surface area contributed by atoms with Gasteiger partial charge in [-0.25, -0.2) is 0 Å². The Morgan fingerprint density at radius 2 is 1.27 bits per heavy atom. The van der Waals surface area contributed by atoms with Crippen molar-refractivity contribution in [3.05, 3.63) is 0 Å². The average molecular weight is 222 g/mol. The van der Waals surface area contributed by atoms with Crippen LogP contribution >= 0.6 is 0 Å². The molecule has 0 radical (unpaired) electrons. The lowest BCUT2D eigenvalue weighted by atomic mass is 10.2. The summed E-state index contributed by atoms with van der Waals surface area (Å²) in [5.41, 5.74) is 0. The molecule has 0 aromatic carbocycles. The lowest BCUT2D eigenvalue weighted by Crippen LogP contribution is -2.25. The van der Waals surface area contributed by atoms with E-state index in [1.165, 1.54) is 0 Å². The van der Waals surface area contributed by atoms with E-state index in [4.69, 9.17) is 24.4 Å². The van der Waals surface area contributed by atoms with Crippen LogP contribution in [0.15, 0.2) is 0 Å². The minimum atomic E-state index is -0.0818. The van der Waals surface area contributed by atoms with Gasteiger partial charge in [-0.15, -0.1) is 0 Å². The van der Waals surface area contributed by atoms with Crippen molar-refractivity contribution in [2.24, 2.45) is 0 Å². The highest BCUT2D eigenvalue weighted by molar-refractivity contribution is 4.58. The first-order valence-corrected chi connectivity index (χ1v) is 5.13. The third-order valence-electron chi connectivity index (χ3n) is 2.18. The third kappa shape index (κ3) is 7.70. The van der Waals surface area contributed by atoms with E-state index in [0.717, 1.165) is 0 Å². The average Bonchev–Trinajstić information content (AvgIpc) is 2.26. The van der Waals surface area contributed by atoms with Crippen molar-refractivity contribution in [1.82, 2.24) is 0 Å². The zero-order valence-corrected chi connectivity index (χ0v) is 9.52. The van der Waals surface area contributed by atoms with Crippen molar-refractivity contribution in [2.45, 2.75) is 25.0 Å². The maximum Gasteiger partial charge on any atom is 0.0826 e. The fourth-order valence-electron chi connectivity index (χ4n) is 1.16. The Hall–Kier alpha value is -0.200. The van der Waals surface area contributed by atoms with Gasteiger partial charge in [0.1, 0.15) is 0 Å². The molecule has 0 saturated carbocycles. The minimum Gasteiger partial charge on any atom is -0.396 e. The summed E-state index contributed by atoms with van der Waals surface area (Å²) in [6, 6.07) is 0. The van der Waals surface area contributed by atoms with E-state index in [1.807, 2.05) is 0 Å². The summed E-state index contributed by atoms with van der Waals surface area (Å²) >= 11 is 0. The monoisotopic (exact) mass is 222 g/mol. The molecule has 2 N–H and O–H groups in total. The van der Waals surface area contributed by atoms with Gasteiger partial charge >= 0.3 is 0 Å². The Kier molecular flexibility index (Phi) is 10.2. The number of methoxy groups -OCH3 is 2. The molecule has 0 bridgehead atoms. The van der Waals surface area contributed by atoms with Gasteiger partial charge in [-0.05, 0) is 12.8 Å². The van der Waals surface area contributed by atoms with Gasteiger partial charge in [-0.2, -0.15) is 0 Å². The minimum absolute atomic E-state index is 0.0818. The van der Waals surface area contributed by atoms with Crippen LogP contribution in [0.1, 0.15) is 12.8 Å². The highest BCUT2D eigenvalue weighted by Crippen LogP contribution is 2.01. The molecule has 0 heterocycles. The van der Waals surface area contributed by atoms with Crippen LogP contribution < -0.4 is 0 Å². The van der Waals surface area contributed by atoms with Gasteiger partial charge in [0, 0.05) is 27.4 Å². The SMILES string of the molecule is COC(CCO)COCC(CCO)OC. The number of hydrogen-bond donors (Lipinski definition) is 2. The molecule has 0 fully saturated rings. The van der Waals surface area contributed by atoms with Gasteiger partial charge < -0.3 is 24.4 Å². The zero-order chi connectivity index (χ0) is 11.5.